The minimum atomic E-state index is -4.23. The van der Waals surface area contributed by atoms with Crippen LogP contribution < -0.4 is 10.1 Å². The molecule has 1 saturated heterocycles. The van der Waals surface area contributed by atoms with Gasteiger partial charge in [-0.2, -0.15) is 4.31 Å². The van der Waals surface area contributed by atoms with Gasteiger partial charge in [0.2, 0.25) is 15.9 Å². The summed E-state index contributed by atoms with van der Waals surface area (Å²) in [5.74, 6) is -0.695. The molecule has 1 heterocycles. The number of nitrogens with zero attached hydrogens (tertiary/aromatic N) is 1. The minimum absolute atomic E-state index is 0.0917. The van der Waals surface area contributed by atoms with Crippen molar-refractivity contribution >= 4 is 31.5 Å². The third-order valence-electron chi connectivity index (χ3n) is 4.31. The van der Waals surface area contributed by atoms with Crippen LogP contribution in [-0.2, 0) is 24.7 Å². The highest BCUT2D eigenvalue weighted by atomic mass is 32.2. The molecule has 1 aliphatic heterocycles. The summed E-state index contributed by atoms with van der Waals surface area (Å²) in [7, 11) is -6.26. The second-order valence-electron chi connectivity index (χ2n) is 6.51. The van der Waals surface area contributed by atoms with Crippen LogP contribution in [-0.4, -0.2) is 81.2 Å². The average molecular weight is 437 g/mol. The lowest BCUT2D eigenvalue weighted by atomic mass is 10.2. The van der Waals surface area contributed by atoms with E-state index in [9.17, 15) is 26.7 Å². The molecule has 0 radical (unpaired) electrons. The molecule has 1 aromatic carbocycles. The van der Waals surface area contributed by atoms with Gasteiger partial charge in [-0.1, -0.05) is 0 Å². The Morgan fingerprint density at radius 1 is 1.43 bits per heavy atom. The predicted molar refractivity (Wildman–Crippen MR) is 101 cm³/mol. The quantitative estimate of drug-likeness (QED) is 0.478. The highest BCUT2D eigenvalue weighted by Crippen LogP contribution is 2.31. The van der Waals surface area contributed by atoms with Crippen molar-refractivity contribution in [3.8, 4) is 5.75 Å². The fourth-order valence-electron chi connectivity index (χ4n) is 2.98. The Morgan fingerprint density at radius 3 is 2.61 bits per heavy atom. The van der Waals surface area contributed by atoms with E-state index >= 15 is 0 Å². The molecular formula is C16H24N2O8S2. The molecule has 1 aliphatic rings. The normalized spacial score (nSPS) is 20.1. The molecular weight excluding hydrogens is 412 g/mol. The van der Waals surface area contributed by atoms with E-state index in [1.54, 1.807) is 0 Å². The molecule has 28 heavy (non-hydrogen) atoms. The summed E-state index contributed by atoms with van der Waals surface area (Å²) < 4.78 is 56.1. The van der Waals surface area contributed by atoms with Gasteiger partial charge in [-0.3, -0.25) is 4.79 Å². The first-order valence-corrected chi connectivity index (χ1v) is 11.7. The lowest BCUT2D eigenvalue weighted by molar-refractivity contribution is -0.114. The SMILES string of the molecule is COc1ccc(S(=O)(=O)N(C[C@H](O)CO)[C@@H]2CCS(=O)(=O)C2)cc1NC(C)=O. The number of aliphatic hydroxyl groups is 2. The largest absolute Gasteiger partial charge is 0.495 e. The molecule has 0 aliphatic carbocycles. The molecule has 1 fully saturated rings. The van der Waals surface area contributed by atoms with Crippen LogP contribution in [0, 0.1) is 0 Å². The maximum atomic E-state index is 13.2. The summed E-state index contributed by atoms with van der Waals surface area (Å²) in [4.78, 5) is 11.2. The first kappa shape index (κ1) is 22.6. The molecule has 1 aromatic rings. The fraction of sp³-hybridized carbons (Fsp3) is 0.562. The maximum absolute atomic E-state index is 13.2. The van der Waals surface area contributed by atoms with Crippen molar-refractivity contribution in [1.82, 2.24) is 4.31 Å². The smallest absolute Gasteiger partial charge is 0.243 e. The number of hydrogen-bond acceptors (Lipinski definition) is 8. The number of carbonyl (C=O) groups is 1. The van der Waals surface area contributed by atoms with Gasteiger partial charge in [-0.25, -0.2) is 16.8 Å². The number of methoxy groups -OCH3 is 1. The molecule has 158 valence electrons. The Hall–Kier alpha value is -1.73. The van der Waals surface area contributed by atoms with Crippen LogP contribution in [0.1, 0.15) is 13.3 Å². The van der Waals surface area contributed by atoms with Crippen LogP contribution in [0.3, 0.4) is 0 Å². The van der Waals surface area contributed by atoms with Crippen LogP contribution in [0.2, 0.25) is 0 Å². The van der Waals surface area contributed by atoms with Gasteiger partial charge in [-0.15, -0.1) is 0 Å². The molecule has 0 bridgehead atoms. The van der Waals surface area contributed by atoms with Crippen molar-refractivity contribution in [2.75, 3.05) is 37.1 Å². The second-order valence-corrected chi connectivity index (χ2v) is 10.6. The average Bonchev–Trinajstić information content (AvgIpc) is 2.98. The number of carbonyl (C=O) groups excluding carboxylic acids is 1. The second kappa shape index (κ2) is 8.74. The van der Waals surface area contributed by atoms with E-state index in [1.165, 1.54) is 32.2 Å². The zero-order valence-corrected chi connectivity index (χ0v) is 17.2. The molecule has 12 heteroatoms. The summed E-state index contributed by atoms with van der Waals surface area (Å²) in [6.07, 6.45) is -1.28. The molecule has 10 nitrogen and oxygen atoms in total. The number of hydrogen-bond donors (Lipinski definition) is 3. The van der Waals surface area contributed by atoms with Crippen molar-refractivity contribution in [2.45, 2.75) is 30.4 Å². The number of rotatable bonds is 8. The van der Waals surface area contributed by atoms with Crippen LogP contribution >= 0.6 is 0 Å². The van der Waals surface area contributed by atoms with Crippen molar-refractivity contribution in [1.29, 1.82) is 0 Å². The van der Waals surface area contributed by atoms with Crippen LogP contribution in [0.4, 0.5) is 5.69 Å². The Labute approximate surface area is 164 Å². The van der Waals surface area contributed by atoms with Crippen molar-refractivity contribution < 1.29 is 36.6 Å². The van der Waals surface area contributed by atoms with Gasteiger partial charge in [0.05, 0.1) is 41.9 Å². The van der Waals surface area contributed by atoms with E-state index in [4.69, 9.17) is 9.84 Å². The van der Waals surface area contributed by atoms with E-state index in [0.29, 0.717) is 0 Å². The Kier molecular flexibility index (Phi) is 7.04. The maximum Gasteiger partial charge on any atom is 0.243 e. The van der Waals surface area contributed by atoms with Gasteiger partial charge >= 0.3 is 0 Å². The molecule has 0 spiro atoms. The van der Waals surface area contributed by atoms with E-state index in [1.807, 2.05) is 0 Å². The molecule has 2 rings (SSSR count). The minimum Gasteiger partial charge on any atom is -0.495 e. The van der Waals surface area contributed by atoms with E-state index in [0.717, 1.165) is 4.31 Å². The summed E-state index contributed by atoms with van der Waals surface area (Å²) in [5, 5.41) is 21.4. The van der Waals surface area contributed by atoms with E-state index < -0.39 is 51.1 Å². The zero-order valence-electron chi connectivity index (χ0n) is 15.5. The van der Waals surface area contributed by atoms with Gasteiger partial charge < -0.3 is 20.3 Å². The topological polar surface area (TPSA) is 150 Å². The number of sulfonamides is 1. The number of nitrogens with one attached hydrogen (secondary N) is 1. The van der Waals surface area contributed by atoms with E-state index in [2.05, 4.69) is 5.32 Å². The lowest BCUT2D eigenvalue weighted by Crippen LogP contribution is -2.46. The van der Waals surface area contributed by atoms with E-state index in [-0.39, 0.29) is 34.3 Å². The molecule has 0 saturated carbocycles. The monoisotopic (exact) mass is 436 g/mol. The Bertz CT molecular complexity index is 930. The number of benzene rings is 1. The van der Waals surface area contributed by atoms with Crippen molar-refractivity contribution in [2.24, 2.45) is 0 Å². The fourth-order valence-corrected chi connectivity index (χ4v) is 6.53. The molecule has 0 unspecified atom stereocenters. The van der Waals surface area contributed by atoms with Crippen LogP contribution in [0.5, 0.6) is 5.75 Å². The van der Waals surface area contributed by atoms with Gasteiger partial charge in [0.25, 0.3) is 0 Å². The summed E-state index contributed by atoms with van der Waals surface area (Å²) in [6, 6.07) is 2.98. The first-order valence-electron chi connectivity index (χ1n) is 8.47. The summed E-state index contributed by atoms with van der Waals surface area (Å²) >= 11 is 0. The van der Waals surface area contributed by atoms with Crippen molar-refractivity contribution in [3.63, 3.8) is 0 Å². The van der Waals surface area contributed by atoms with Crippen LogP contribution in [0.25, 0.3) is 0 Å². The number of sulfone groups is 1. The molecule has 0 aromatic heterocycles. The Balaban J connectivity index is 2.48. The third-order valence-corrected chi connectivity index (χ3v) is 7.97. The van der Waals surface area contributed by atoms with Gasteiger partial charge in [0.15, 0.2) is 9.84 Å². The number of anilines is 1. The zero-order chi connectivity index (χ0) is 21.1. The van der Waals surface area contributed by atoms with Gasteiger partial charge in [-0.05, 0) is 24.6 Å². The molecule has 1 amide bonds. The highest BCUT2D eigenvalue weighted by Gasteiger charge is 2.39. The van der Waals surface area contributed by atoms with Crippen molar-refractivity contribution in [3.05, 3.63) is 18.2 Å². The molecule has 2 atom stereocenters. The first-order chi connectivity index (χ1) is 13.0. The number of aliphatic hydroxyl groups excluding tert-OH is 2. The molecule has 3 N–H and O–H groups in total. The Morgan fingerprint density at radius 2 is 2.11 bits per heavy atom. The van der Waals surface area contributed by atoms with Gasteiger partial charge in [0.1, 0.15) is 5.75 Å². The van der Waals surface area contributed by atoms with Gasteiger partial charge in [0, 0.05) is 19.5 Å². The predicted octanol–water partition coefficient (Wildman–Crippen LogP) is -0.815. The summed E-state index contributed by atoms with van der Waals surface area (Å²) in [5.41, 5.74) is 0.137. The highest BCUT2D eigenvalue weighted by molar-refractivity contribution is 7.92. The standard InChI is InChI=1S/C16H24N2O8S2/c1-11(20)17-15-7-14(3-4-16(15)26-2)28(24,25)18(8-13(21)9-19)12-5-6-27(22,23)10-12/h3-4,7,12-13,19,21H,5-6,8-10H2,1-2H3,(H,17,20)/t12-,13+/m1/s1. The third kappa shape index (κ3) is 5.20. The number of ether oxygens (including phenoxy) is 1. The lowest BCUT2D eigenvalue weighted by Gasteiger charge is -2.29. The van der Waals surface area contributed by atoms with Crippen LogP contribution in [0.15, 0.2) is 23.1 Å². The number of amides is 1. The summed E-state index contributed by atoms with van der Waals surface area (Å²) in [6.45, 7) is 0.125.